The second-order valence-electron chi connectivity index (χ2n) is 1.57. The zero-order valence-electron chi connectivity index (χ0n) is 5.26. The van der Waals surface area contributed by atoms with Gasteiger partial charge in [-0.25, -0.2) is 5.84 Å². The van der Waals surface area contributed by atoms with Crippen LogP contribution in [0.2, 0.25) is 0 Å². The first kappa shape index (κ1) is 8.35. The lowest BCUT2D eigenvalue weighted by Crippen LogP contribution is -2.46. The fourth-order valence-electron chi connectivity index (χ4n) is 0.362. The number of rotatable bonds is 3. The number of hydrogen-bond acceptors (Lipinski definition) is 4. The molecule has 0 bridgehead atoms. The summed E-state index contributed by atoms with van der Waals surface area (Å²) in [4.78, 5) is 10.5. The Morgan fingerprint density at radius 2 is 2.44 bits per heavy atom. The average molecular weight is 133 g/mol. The molecule has 5 N–H and O–H groups in total. The van der Waals surface area contributed by atoms with Gasteiger partial charge in [-0.1, -0.05) is 0 Å². The summed E-state index contributed by atoms with van der Waals surface area (Å²) in [7, 11) is 1.46. The van der Waals surface area contributed by atoms with Crippen molar-refractivity contribution >= 4 is 5.91 Å². The maximum absolute atomic E-state index is 10.5. The van der Waals surface area contributed by atoms with E-state index in [0.29, 0.717) is 0 Å². The van der Waals surface area contributed by atoms with Crippen molar-refractivity contribution in [2.45, 2.75) is 6.04 Å². The van der Waals surface area contributed by atoms with Crippen molar-refractivity contribution < 1.29 is 9.53 Å². The molecule has 0 radical (unpaired) electrons. The van der Waals surface area contributed by atoms with Gasteiger partial charge in [0.05, 0.1) is 6.61 Å². The van der Waals surface area contributed by atoms with Gasteiger partial charge in [-0.15, -0.1) is 0 Å². The first-order valence-electron chi connectivity index (χ1n) is 2.47. The van der Waals surface area contributed by atoms with E-state index in [4.69, 9.17) is 11.6 Å². The predicted octanol–water partition coefficient (Wildman–Crippen LogP) is -2.05. The fraction of sp³-hybridized carbons (Fsp3) is 0.750. The summed E-state index contributed by atoms with van der Waals surface area (Å²) in [5.74, 6) is 4.35. The number of carbonyl (C=O) groups excluding carboxylic acids is 1. The summed E-state index contributed by atoms with van der Waals surface area (Å²) >= 11 is 0. The molecule has 0 heterocycles. The zero-order chi connectivity index (χ0) is 7.28. The molecule has 0 aliphatic carbocycles. The molecule has 5 nitrogen and oxygen atoms in total. The number of hydrogen-bond donors (Lipinski definition) is 3. The van der Waals surface area contributed by atoms with Crippen LogP contribution in [0.15, 0.2) is 0 Å². The molecule has 0 aromatic heterocycles. The van der Waals surface area contributed by atoms with Crippen LogP contribution in [-0.2, 0) is 9.53 Å². The molecule has 5 heteroatoms. The molecular weight excluding hydrogens is 122 g/mol. The predicted molar refractivity (Wildman–Crippen MR) is 32.2 cm³/mol. The summed E-state index contributed by atoms with van der Waals surface area (Å²) in [5, 5.41) is 0. The van der Waals surface area contributed by atoms with Gasteiger partial charge in [-0.3, -0.25) is 10.2 Å². The van der Waals surface area contributed by atoms with Gasteiger partial charge in [0.15, 0.2) is 0 Å². The Hall–Kier alpha value is -0.650. The van der Waals surface area contributed by atoms with E-state index in [9.17, 15) is 4.79 Å². The minimum absolute atomic E-state index is 0.184. The van der Waals surface area contributed by atoms with E-state index in [0.717, 1.165) is 0 Å². The molecule has 0 spiro atoms. The first-order chi connectivity index (χ1) is 4.22. The molecule has 1 amide bonds. The molecule has 9 heavy (non-hydrogen) atoms. The van der Waals surface area contributed by atoms with Crippen LogP contribution in [-0.4, -0.2) is 25.7 Å². The Bertz CT molecular complexity index is 95.8. The number of carbonyl (C=O) groups is 1. The summed E-state index contributed by atoms with van der Waals surface area (Å²) in [6, 6.07) is -0.667. The molecule has 0 aromatic rings. The Morgan fingerprint density at radius 3 is 2.78 bits per heavy atom. The number of methoxy groups -OCH3 is 1. The van der Waals surface area contributed by atoms with Crippen LogP contribution >= 0.6 is 0 Å². The Balaban J connectivity index is 3.45. The number of amides is 1. The van der Waals surface area contributed by atoms with Gasteiger partial charge in [-0.05, 0) is 0 Å². The highest BCUT2D eigenvalue weighted by Gasteiger charge is 2.09. The van der Waals surface area contributed by atoms with Crippen molar-refractivity contribution in [1.82, 2.24) is 5.43 Å². The molecule has 0 aliphatic heterocycles. The molecular formula is C4H11N3O2. The number of hydrazine groups is 1. The summed E-state index contributed by atoms with van der Waals surface area (Å²) in [6.07, 6.45) is 0. The summed E-state index contributed by atoms with van der Waals surface area (Å²) in [6.45, 7) is 0.184. The highest BCUT2D eigenvalue weighted by Crippen LogP contribution is 1.76. The van der Waals surface area contributed by atoms with Crippen LogP contribution < -0.4 is 17.0 Å². The molecule has 0 saturated carbocycles. The van der Waals surface area contributed by atoms with E-state index in [-0.39, 0.29) is 6.61 Å². The van der Waals surface area contributed by atoms with Gasteiger partial charge >= 0.3 is 0 Å². The SMILES string of the molecule is COCC(N)C(=O)NN. The highest BCUT2D eigenvalue weighted by atomic mass is 16.5. The average Bonchev–Trinajstić information content (AvgIpc) is 1.87. The maximum atomic E-state index is 10.5. The molecule has 1 unspecified atom stereocenters. The number of nitrogens with two attached hydrogens (primary N) is 2. The number of ether oxygens (including phenoxy) is 1. The summed E-state index contributed by atoms with van der Waals surface area (Å²) in [5.41, 5.74) is 7.13. The van der Waals surface area contributed by atoms with Gasteiger partial charge in [0.25, 0.3) is 5.91 Å². The van der Waals surface area contributed by atoms with E-state index in [2.05, 4.69) is 4.74 Å². The molecule has 0 aliphatic rings. The van der Waals surface area contributed by atoms with Crippen LogP contribution in [0.4, 0.5) is 0 Å². The van der Waals surface area contributed by atoms with Gasteiger partial charge < -0.3 is 10.5 Å². The normalized spacial score (nSPS) is 12.8. The van der Waals surface area contributed by atoms with Gasteiger partial charge in [-0.2, -0.15) is 0 Å². The monoisotopic (exact) mass is 133 g/mol. The third-order valence-electron chi connectivity index (χ3n) is 0.825. The van der Waals surface area contributed by atoms with Crippen LogP contribution in [0.1, 0.15) is 0 Å². The van der Waals surface area contributed by atoms with Crippen LogP contribution in [0.3, 0.4) is 0 Å². The molecule has 0 saturated heterocycles. The van der Waals surface area contributed by atoms with E-state index in [1.165, 1.54) is 7.11 Å². The van der Waals surface area contributed by atoms with Crippen molar-refractivity contribution in [3.8, 4) is 0 Å². The smallest absolute Gasteiger partial charge is 0.253 e. The van der Waals surface area contributed by atoms with E-state index in [1.807, 2.05) is 5.43 Å². The first-order valence-corrected chi connectivity index (χ1v) is 2.47. The van der Waals surface area contributed by atoms with Crippen LogP contribution in [0.5, 0.6) is 0 Å². The summed E-state index contributed by atoms with van der Waals surface area (Å²) < 4.78 is 4.59. The minimum atomic E-state index is -0.667. The molecule has 0 aromatic carbocycles. The Morgan fingerprint density at radius 1 is 1.89 bits per heavy atom. The third kappa shape index (κ3) is 3.02. The van der Waals surface area contributed by atoms with Gasteiger partial charge in [0, 0.05) is 7.11 Å². The quantitative estimate of drug-likeness (QED) is 0.235. The van der Waals surface area contributed by atoms with Crippen molar-refractivity contribution in [2.24, 2.45) is 11.6 Å². The van der Waals surface area contributed by atoms with Gasteiger partial charge in [0.2, 0.25) is 0 Å². The standard InChI is InChI=1S/C4H11N3O2/c1-9-2-3(5)4(8)7-6/h3H,2,5-6H2,1H3,(H,7,8). The largest absolute Gasteiger partial charge is 0.383 e. The van der Waals surface area contributed by atoms with Crippen LogP contribution in [0, 0.1) is 0 Å². The Kier molecular flexibility index (Phi) is 3.94. The maximum Gasteiger partial charge on any atom is 0.253 e. The third-order valence-corrected chi connectivity index (χ3v) is 0.825. The van der Waals surface area contributed by atoms with E-state index in [1.54, 1.807) is 0 Å². The highest BCUT2D eigenvalue weighted by molar-refractivity contribution is 5.80. The van der Waals surface area contributed by atoms with Crippen molar-refractivity contribution in [3.63, 3.8) is 0 Å². The molecule has 0 fully saturated rings. The van der Waals surface area contributed by atoms with Gasteiger partial charge in [0.1, 0.15) is 6.04 Å². The van der Waals surface area contributed by atoms with E-state index >= 15 is 0 Å². The lowest BCUT2D eigenvalue weighted by molar-refractivity contribution is -0.123. The fourth-order valence-corrected chi connectivity index (χ4v) is 0.362. The topological polar surface area (TPSA) is 90.4 Å². The molecule has 54 valence electrons. The van der Waals surface area contributed by atoms with E-state index < -0.39 is 11.9 Å². The van der Waals surface area contributed by atoms with Crippen molar-refractivity contribution in [3.05, 3.63) is 0 Å². The second-order valence-corrected chi connectivity index (χ2v) is 1.57. The lowest BCUT2D eigenvalue weighted by Gasteiger charge is -2.06. The zero-order valence-corrected chi connectivity index (χ0v) is 5.26. The van der Waals surface area contributed by atoms with Crippen molar-refractivity contribution in [1.29, 1.82) is 0 Å². The molecule has 0 rings (SSSR count). The second kappa shape index (κ2) is 4.25. The number of nitrogens with one attached hydrogen (secondary N) is 1. The van der Waals surface area contributed by atoms with Crippen molar-refractivity contribution in [2.75, 3.05) is 13.7 Å². The lowest BCUT2D eigenvalue weighted by atomic mass is 10.3. The molecule has 1 atom stereocenters. The minimum Gasteiger partial charge on any atom is -0.383 e. The van der Waals surface area contributed by atoms with Crippen LogP contribution in [0.25, 0.3) is 0 Å². The Labute approximate surface area is 53.3 Å².